The number of nitrogens with two attached hydrogens (primary N) is 1. The Labute approximate surface area is 116 Å². The minimum absolute atomic E-state index is 0.316. The minimum Gasteiger partial charge on any atom is -0.496 e. The topological polar surface area (TPSA) is 75.8 Å². The van der Waals surface area contributed by atoms with Gasteiger partial charge in [-0.1, -0.05) is 17.7 Å². The molecule has 2 rings (SSSR count). The van der Waals surface area contributed by atoms with Gasteiger partial charge in [0.2, 0.25) is 0 Å². The normalized spacial score (nSPS) is 23.5. The summed E-state index contributed by atoms with van der Waals surface area (Å²) in [6.07, 6.45) is 0.440. The summed E-state index contributed by atoms with van der Waals surface area (Å²) in [5.74, 6) is -0.251. The largest absolute Gasteiger partial charge is 0.496 e. The molecule has 0 bridgehead atoms. The lowest BCUT2D eigenvalue weighted by Gasteiger charge is -2.21. The van der Waals surface area contributed by atoms with Crippen LogP contribution in [0.1, 0.15) is 12.0 Å². The number of aliphatic carboxylic acids is 1. The van der Waals surface area contributed by atoms with Gasteiger partial charge in [-0.05, 0) is 18.6 Å². The van der Waals surface area contributed by atoms with E-state index in [2.05, 4.69) is 0 Å². The van der Waals surface area contributed by atoms with E-state index in [-0.39, 0.29) is 0 Å². The molecular weight excluding hydrogens is 268 g/mol. The van der Waals surface area contributed by atoms with Crippen LogP contribution < -0.4 is 10.5 Å². The van der Waals surface area contributed by atoms with Crippen molar-refractivity contribution in [3.05, 3.63) is 28.8 Å². The quantitative estimate of drug-likeness (QED) is 0.872. The molecule has 6 heteroatoms. The second-order valence-electron chi connectivity index (χ2n) is 4.84. The van der Waals surface area contributed by atoms with Gasteiger partial charge < -0.3 is 15.6 Å². The van der Waals surface area contributed by atoms with Crippen LogP contribution in [0.2, 0.25) is 5.02 Å². The van der Waals surface area contributed by atoms with E-state index in [1.54, 1.807) is 13.2 Å². The van der Waals surface area contributed by atoms with E-state index in [1.807, 2.05) is 17.0 Å². The predicted molar refractivity (Wildman–Crippen MR) is 72.5 cm³/mol. The van der Waals surface area contributed by atoms with E-state index in [1.165, 1.54) is 0 Å². The molecule has 104 valence electrons. The van der Waals surface area contributed by atoms with Gasteiger partial charge in [0.05, 0.1) is 7.11 Å². The van der Waals surface area contributed by atoms with Gasteiger partial charge in [0.25, 0.3) is 0 Å². The molecule has 3 N–H and O–H groups in total. The molecule has 1 atom stereocenters. The Balaban J connectivity index is 2.14. The maximum Gasteiger partial charge on any atom is 0.325 e. The highest BCUT2D eigenvalue weighted by atomic mass is 35.5. The molecule has 1 aliphatic rings. The number of carbonyl (C=O) groups is 1. The number of nitrogens with zero attached hydrogens (tertiary/aromatic N) is 1. The molecule has 1 unspecified atom stereocenters. The zero-order chi connectivity index (χ0) is 14.0. The number of methoxy groups -OCH3 is 1. The van der Waals surface area contributed by atoms with Crippen molar-refractivity contribution >= 4 is 17.6 Å². The monoisotopic (exact) mass is 284 g/mol. The highest BCUT2D eigenvalue weighted by Crippen LogP contribution is 2.30. The first-order chi connectivity index (χ1) is 8.96. The predicted octanol–water partition coefficient (Wildman–Crippen LogP) is 1.34. The fourth-order valence-corrected chi connectivity index (χ4v) is 2.56. The second-order valence-corrected chi connectivity index (χ2v) is 5.25. The van der Waals surface area contributed by atoms with Crippen LogP contribution in [0.15, 0.2) is 18.2 Å². The fraction of sp³-hybridized carbons (Fsp3) is 0.462. The molecule has 0 saturated carbocycles. The molecule has 0 amide bonds. The van der Waals surface area contributed by atoms with E-state index in [9.17, 15) is 4.79 Å². The summed E-state index contributed by atoms with van der Waals surface area (Å²) in [4.78, 5) is 13.1. The Bertz CT molecular complexity index is 495. The molecule has 0 aliphatic carbocycles. The first-order valence-corrected chi connectivity index (χ1v) is 6.40. The molecule has 0 spiro atoms. The van der Waals surface area contributed by atoms with Crippen molar-refractivity contribution in [1.29, 1.82) is 0 Å². The first kappa shape index (κ1) is 14.1. The van der Waals surface area contributed by atoms with Gasteiger partial charge >= 0.3 is 5.97 Å². The first-order valence-electron chi connectivity index (χ1n) is 6.02. The van der Waals surface area contributed by atoms with Crippen molar-refractivity contribution in [3.63, 3.8) is 0 Å². The van der Waals surface area contributed by atoms with Crippen LogP contribution >= 0.6 is 11.6 Å². The Morgan fingerprint density at radius 2 is 2.37 bits per heavy atom. The number of likely N-dealkylation sites (tertiary alicyclic amines) is 1. The van der Waals surface area contributed by atoms with Crippen LogP contribution in [0.3, 0.4) is 0 Å². The van der Waals surface area contributed by atoms with Crippen LogP contribution in [0.5, 0.6) is 5.75 Å². The van der Waals surface area contributed by atoms with E-state index < -0.39 is 11.5 Å². The number of carboxylic acids is 1. The number of ether oxygens (including phenoxy) is 1. The summed E-state index contributed by atoms with van der Waals surface area (Å²) >= 11 is 6.17. The summed E-state index contributed by atoms with van der Waals surface area (Å²) in [7, 11) is 1.59. The second kappa shape index (κ2) is 5.36. The van der Waals surface area contributed by atoms with Crippen molar-refractivity contribution in [2.75, 3.05) is 20.2 Å². The number of rotatable bonds is 4. The van der Waals surface area contributed by atoms with Crippen molar-refractivity contribution in [3.8, 4) is 5.75 Å². The lowest BCUT2D eigenvalue weighted by Crippen LogP contribution is -2.50. The molecule has 19 heavy (non-hydrogen) atoms. The van der Waals surface area contributed by atoms with Crippen LogP contribution in [0.4, 0.5) is 0 Å². The minimum atomic E-state index is -1.16. The van der Waals surface area contributed by atoms with E-state index in [0.29, 0.717) is 36.8 Å². The molecule has 1 aromatic carbocycles. The van der Waals surface area contributed by atoms with Crippen LogP contribution in [0.25, 0.3) is 0 Å². The fourth-order valence-electron chi connectivity index (χ4n) is 2.33. The third-order valence-electron chi connectivity index (χ3n) is 3.48. The molecule has 1 aliphatic heterocycles. The van der Waals surface area contributed by atoms with Gasteiger partial charge in [0.1, 0.15) is 11.3 Å². The number of halogens is 1. The number of hydrogen-bond donors (Lipinski definition) is 2. The number of hydrogen-bond acceptors (Lipinski definition) is 4. The lowest BCUT2D eigenvalue weighted by molar-refractivity contribution is -0.142. The van der Waals surface area contributed by atoms with Crippen molar-refractivity contribution in [2.45, 2.75) is 18.5 Å². The Morgan fingerprint density at radius 1 is 1.63 bits per heavy atom. The van der Waals surface area contributed by atoms with E-state index in [4.69, 9.17) is 27.2 Å². The maximum atomic E-state index is 11.1. The van der Waals surface area contributed by atoms with Gasteiger partial charge in [-0.25, -0.2) is 0 Å². The summed E-state index contributed by atoms with van der Waals surface area (Å²) < 4.78 is 5.28. The van der Waals surface area contributed by atoms with Gasteiger partial charge in [-0.2, -0.15) is 0 Å². The molecule has 0 aromatic heterocycles. The van der Waals surface area contributed by atoms with Gasteiger partial charge in [-0.3, -0.25) is 9.69 Å². The zero-order valence-electron chi connectivity index (χ0n) is 10.7. The molecule has 0 radical (unpaired) electrons. The SMILES string of the molecule is COc1cccc(Cl)c1CN1CCC(N)(C(=O)O)C1. The van der Waals surface area contributed by atoms with Crippen LogP contribution in [0, 0.1) is 0 Å². The highest BCUT2D eigenvalue weighted by Gasteiger charge is 2.41. The summed E-state index contributed by atoms with van der Waals surface area (Å²) in [6, 6.07) is 5.45. The Kier molecular flexibility index (Phi) is 3.99. The van der Waals surface area contributed by atoms with E-state index >= 15 is 0 Å². The molecular formula is C13H17ClN2O3. The third kappa shape index (κ3) is 2.83. The van der Waals surface area contributed by atoms with Gasteiger partial charge in [0, 0.05) is 30.2 Å². The number of carboxylic acid groups (broad SMARTS) is 1. The Morgan fingerprint density at radius 3 is 2.95 bits per heavy atom. The summed E-state index contributed by atoms with van der Waals surface area (Å²) in [6.45, 7) is 1.49. The smallest absolute Gasteiger partial charge is 0.325 e. The van der Waals surface area contributed by atoms with Crippen molar-refractivity contribution in [2.24, 2.45) is 5.73 Å². The lowest BCUT2D eigenvalue weighted by atomic mass is 10.0. The average molecular weight is 285 g/mol. The zero-order valence-corrected chi connectivity index (χ0v) is 11.5. The standard InChI is InChI=1S/C13H17ClN2O3/c1-19-11-4-2-3-10(14)9(11)7-16-6-5-13(15,8-16)12(17)18/h2-4H,5-8,15H2,1H3,(H,17,18). The summed E-state index contributed by atoms with van der Waals surface area (Å²) in [5.41, 5.74) is 5.55. The third-order valence-corrected chi connectivity index (χ3v) is 3.84. The molecule has 1 saturated heterocycles. The van der Waals surface area contributed by atoms with E-state index in [0.717, 1.165) is 5.56 Å². The highest BCUT2D eigenvalue weighted by molar-refractivity contribution is 6.31. The van der Waals surface area contributed by atoms with Crippen molar-refractivity contribution < 1.29 is 14.6 Å². The summed E-state index contributed by atoms with van der Waals surface area (Å²) in [5, 5.41) is 9.72. The Hall–Kier alpha value is -1.30. The molecule has 1 aromatic rings. The molecule has 1 heterocycles. The van der Waals surface area contributed by atoms with Crippen molar-refractivity contribution in [1.82, 2.24) is 4.90 Å². The number of benzene rings is 1. The molecule has 5 nitrogen and oxygen atoms in total. The van der Waals surface area contributed by atoms with Crippen LogP contribution in [-0.2, 0) is 11.3 Å². The van der Waals surface area contributed by atoms with Gasteiger partial charge in [-0.15, -0.1) is 0 Å². The maximum absolute atomic E-state index is 11.1. The molecule has 1 fully saturated rings. The average Bonchev–Trinajstić information content (AvgIpc) is 2.75. The van der Waals surface area contributed by atoms with Crippen LogP contribution in [-0.4, -0.2) is 41.7 Å². The van der Waals surface area contributed by atoms with Gasteiger partial charge in [0.15, 0.2) is 0 Å².